The molecular formula is C19H21NO4. The van der Waals surface area contributed by atoms with Gasteiger partial charge >= 0.3 is 0 Å². The Hall–Kier alpha value is -2.34. The van der Waals surface area contributed by atoms with E-state index in [1.54, 1.807) is 7.11 Å². The molecule has 1 aliphatic heterocycles. The zero-order valence-corrected chi connectivity index (χ0v) is 13.5. The van der Waals surface area contributed by atoms with Crippen molar-refractivity contribution in [2.24, 2.45) is 5.90 Å². The van der Waals surface area contributed by atoms with E-state index in [0.717, 1.165) is 17.1 Å². The smallest absolute Gasteiger partial charge is 0.145 e. The van der Waals surface area contributed by atoms with Gasteiger partial charge in [0.15, 0.2) is 0 Å². The SMILES string of the molecule is COc1ccc(O[C@H]2C=C[C@@H](c3ccccc3)O[C@@H]2CON)cc1. The topological polar surface area (TPSA) is 62.9 Å². The van der Waals surface area contributed by atoms with Crippen LogP contribution in [0.5, 0.6) is 11.5 Å². The average Bonchev–Trinajstić information content (AvgIpc) is 2.65. The van der Waals surface area contributed by atoms with Crippen molar-refractivity contribution in [3.63, 3.8) is 0 Å². The summed E-state index contributed by atoms with van der Waals surface area (Å²) >= 11 is 0. The van der Waals surface area contributed by atoms with Crippen molar-refractivity contribution in [1.82, 2.24) is 0 Å². The summed E-state index contributed by atoms with van der Waals surface area (Å²) < 4.78 is 17.3. The van der Waals surface area contributed by atoms with Crippen LogP contribution in [0.2, 0.25) is 0 Å². The molecule has 0 amide bonds. The summed E-state index contributed by atoms with van der Waals surface area (Å²) in [6, 6.07) is 17.4. The summed E-state index contributed by atoms with van der Waals surface area (Å²) in [5, 5.41) is 0. The van der Waals surface area contributed by atoms with E-state index in [0.29, 0.717) is 0 Å². The Kier molecular flexibility index (Phi) is 5.48. The van der Waals surface area contributed by atoms with E-state index in [2.05, 4.69) is 0 Å². The van der Waals surface area contributed by atoms with Crippen LogP contribution in [0.4, 0.5) is 0 Å². The predicted molar refractivity (Wildman–Crippen MR) is 90.7 cm³/mol. The molecule has 24 heavy (non-hydrogen) atoms. The Morgan fingerprint density at radius 2 is 1.67 bits per heavy atom. The van der Waals surface area contributed by atoms with Crippen LogP contribution < -0.4 is 15.4 Å². The van der Waals surface area contributed by atoms with E-state index in [-0.39, 0.29) is 24.9 Å². The number of hydrogen-bond acceptors (Lipinski definition) is 5. The summed E-state index contributed by atoms with van der Waals surface area (Å²) in [5.41, 5.74) is 1.08. The molecule has 0 saturated heterocycles. The molecule has 1 heterocycles. The summed E-state index contributed by atoms with van der Waals surface area (Å²) in [5.74, 6) is 6.77. The van der Waals surface area contributed by atoms with Crippen molar-refractivity contribution in [2.75, 3.05) is 13.7 Å². The molecule has 2 aromatic rings. The van der Waals surface area contributed by atoms with Crippen LogP contribution in [-0.4, -0.2) is 25.9 Å². The van der Waals surface area contributed by atoms with E-state index < -0.39 is 0 Å². The zero-order valence-electron chi connectivity index (χ0n) is 13.5. The number of methoxy groups -OCH3 is 1. The molecule has 5 nitrogen and oxygen atoms in total. The van der Waals surface area contributed by atoms with Gasteiger partial charge in [-0.3, -0.25) is 0 Å². The normalized spacial score (nSPS) is 23.0. The number of nitrogens with two attached hydrogens (primary N) is 1. The second kappa shape index (κ2) is 7.97. The molecule has 3 atom stereocenters. The van der Waals surface area contributed by atoms with Gasteiger partial charge in [0, 0.05) is 0 Å². The monoisotopic (exact) mass is 327 g/mol. The lowest BCUT2D eigenvalue weighted by atomic mass is 10.0. The highest BCUT2D eigenvalue weighted by Crippen LogP contribution is 2.29. The minimum absolute atomic E-state index is 0.137. The molecule has 0 fully saturated rings. The van der Waals surface area contributed by atoms with Gasteiger partial charge in [0.25, 0.3) is 0 Å². The predicted octanol–water partition coefficient (Wildman–Crippen LogP) is 3.03. The lowest BCUT2D eigenvalue weighted by Crippen LogP contribution is -2.40. The van der Waals surface area contributed by atoms with Crippen LogP contribution >= 0.6 is 0 Å². The second-order valence-corrected chi connectivity index (χ2v) is 5.48. The van der Waals surface area contributed by atoms with Crippen molar-refractivity contribution in [2.45, 2.75) is 18.3 Å². The lowest BCUT2D eigenvalue weighted by Gasteiger charge is -2.32. The maximum atomic E-state index is 6.10. The molecule has 126 valence electrons. The quantitative estimate of drug-likeness (QED) is 0.653. The van der Waals surface area contributed by atoms with E-state index in [4.69, 9.17) is 24.9 Å². The first kappa shape index (κ1) is 16.5. The Labute approximate surface area is 141 Å². The van der Waals surface area contributed by atoms with E-state index in [9.17, 15) is 0 Å². The first-order valence-electron chi connectivity index (χ1n) is 7.81. The summed E-state index contributed by atoms with van der Waals surface area (Å²) in [6.45, 7) is 0.245. The van der Waals surface area contributed by atoms with Crippen LogP contribution in [0.25, 0.3) is 0 Å². The molecule has 0 aromatic heterocycles. The van der Waals surface area contributed by atoms with E-state index in [1.165, 1.54) is 0 Å². The number of hydrogen-bond donors (Lipinski definition) is 1. The third-order valence-electron chi connectivity index (χ3n) is 3.88. The number of rotatable bonds is 6. The molecule has 0 aliphatic carbocycles. The molecule has 3 rings (SSSR count). The van der Waals surface area contributed by atoms with Crippen LogP contribution in [0.3, 0.4) is 0 Å². The van der Waals surface area contributed by atoms with Crippen molar-refractivity contribution < 1.29 is 19.0 Å². The third kappa shape index (κ3) is 3.94. The molecule has 2 aromatic carbocycles. The highest BCUT2D eigenvalue weighted by atomic mass is 16.6. The summed E-state index contributed by atoms with van der Waals surface area (Å²) in [6.07, 6.45) is 3.28. The summed E-state index contributed by atoms with van der Waals surface area (Å²) in [7, 11) is 1.63. The highest BCUT2D eigenvalue weighted by Gasteiger charge is 2.29. The van der Waals surface area contributed by atoms with Crippen LogP contribution in [-0.2, 0) is 9.57 Å². The maximum Gasteiger partial charge on any atom is 0.145 e. The third-order valence-corrected chi connectivity index (χ3v) is 3.88. The van der Waals surface area contributed by atoms with Gasteiger partial charge in [-0.2, -0.15) is 0 Å². The highest BCUT2D eigenvalue weighted by molar-refractivity contribution is 5.32. The summed E-state index contributed by atoms with van der Waals surface area (Å²) in [4.78, 5) is 4.81. The first-order valence-corrected chi connectivity index (χ1v) is 7.81. The maximum absolute atomic E-state index is 6.10. The molecule has 5 heteroatoms. The Bertz CT molecular complexity index is 657. The molecule has 0 radical (unpaired) electrons. The fraction of sp³-hybridized carbons (Fsp3) is 0.263. The fourth-order valence-electron chi connectivity index (χ4n) is 2.63. The second-order valence-electron chi connectivity index (χ2n) is 5.48. The fourth-order valence-corrected chi connectivity index (χ4v) is 2.63. The Morgan fingerprint density at radius 1 is 0.958 bits per heavy atom. The van der Waals surface area contributed by atoms with E-state index >= 15 is 0 Å². The standard InChI is InChI=1S/C19H21NO4/c1-21-15-7-9-16(10-8-15)23-18-12-11-17(24-19(18)13-22-20)14-5-3-2-4-6-14/h2-12,17-19H,13,20H2,1H3/t17-,18-,19+/m0/s1. The van der Waals surface area contributed by atoms with Gasteiger partial charge in [-0.1, -0.05) is 36.4 Å². The van der Waals surface area contributed by atoms with Gasteiger partial charge in [0.1, 0.15) is 29.8 Å². The van der Waals surface area contributed by atoms with Gasteiger partial charge in [-0.05, 0) is 35.9 Å². The largest absolute Gasteiger partial charge is 0.497 e. The molecule has 0 bridgehead atoms. The average molecular weight is 327 g/mol. The molecular weight excluding hydrogens is 306 g/mol. The lowest BCUT2D eigenvalue weighted by molar-refractivity contribution is -0.0889. The molecule has 1 aliphatic rings. The minimum Gasteiger partial charge on any atom is -0.497 e. The number of ether oxygens (including phenoxy) is 3. The van der Waals surface area contributed by atoms with Crippen LogP contribution in [0.1, 0.15) is 11.7 Å². The van der Waals surface area contributed by atoms with Gasteiger partial charge in [0.05, 0.1) is 13.7 Å². The molecule has 0 saturated carbocycles. The van der Waals surface area contributed by atoms with Gasteiger partial charge in [-0.15, -0.1) is 0 Å². The van der Waals surface area contributed by atoms with E-state index in [1.807, 2.05) is 66.7 Å². The molecule has 0 unspecified atom stereocenters. The van der Waals surface area contributed by atoms with Crippen molar-refractivity contribution in [3.05, 3.63) is 72.3 Å². The van der Waals surface area contributed by atoms with Crippen molar-refractivity contribution >= 4 is 0 Å². The van der Waals surface area contributed by atoms with Gasteiger partial charge < -0.3 is 19.0 Å². The first-order chi connectivity index (χ1) is 11.8. The number of benzene rings is 2. The van der Waals surface area contributed by atoms with Crippen LogP contribution in [0.15, 0.2) is 66.7 Å². The Balaban J connectivity index is 1.73. The van der Waals surface area contributed by atoms with Gasteiger partial charge in [-0.25, -0.2) is 5.90 Å². The zero-order chi connectivity index (χ0) is 16.8. The van der Waals surface area contributed by atoms with Crippen molar-refractivity contribution in [3.8, 4) is 11.5 Å². The van der Waals surface area contributed by atoms with Crippen LogP contribution in [0, 0.1) is 0 Å². The Morgan fingerprint density at radius 3 is 2.33 bits per heavy atom. The molecule has 2 N–H and O–H groups in total. The minimum atomic E-state index is -0.299. The molecule has 0 spiro atoms. The van der Waals surface area contributed by atoms with Crippen molar-refractivity contribution in [1.29, 1.82) is 0 Å². The van der Waals surface area contributed by atoms with Gasteiger partial charge in [0.2, 0.25) is 0 Å².